The number of nitrogens with one attached hydrogen (secondary N) is 1. The van der Waals surface area contributed by atoms with Gasteiger partial charge in [0.25, 0.3) is 10.0 Å². The van der Waals surface area contributed by atoms with E-state index >= 15 is 0 Å². The molecule has 10 heteroatoms. The largest absolute Gasteiger partial charge is 0.352 e. The first-order valence-corrected chi connectivity index (χ1v) is 17.9. The number of rotatable bonds is 12. The molecule has 7 nitrogen and oxygen atoms in total. The maximum Gasteiger partial charge on any atom is 0.264 e. The van der Waals surface area contributed by atoms with E-state index in [0.29, 0.717) is 10.7 Å². The van der Waals surface area contributed by atoms with Gasteiger partial charge in [0.1, 0.15) is 12.6 Å². The van der Waals surface area contributed by atoms with Gasteiger partial charge in [0.15, 0.2) is 0 Å². The maximum atomic E-state index is 14.6. The van der Waals surface area contributed by atoms with E-state index in [1.165, 1.54) is 29.2 Å². The summed E-state index contributed by atoms with van der Waals surface area (Å²) >= 11 is 9.60. The van der Waals surface area contributed by atoms with Gasteiger partial charge in [0.2, 0.25) is 11.8 Å². The molecule has 4 aromatic rings. The van der Waals surface area contributed by atoms with Crippen molar-refractivity contribution in [1.29, 1.82) is 0 Å². The number of nitrogens with zero attached hydrogens (tertiary/aromatic N) is 2. The van der Waals surface area contributed by atoms with Crippen molar-refractivity contribution < 1.29 is 18.0 Å². The Hall–Kier alpha value is -3.66. The lowest BCUT2D eigenvalue weighted by Crippen LogP contribution is -2.54. The number of amides is 2. The van der Waals surface area contributed by atoms with E-state index in [1.807, 2.05) is 67.6 Å². The predicted octanol–water partition coefficient (Wildman–Crippen LogP) is 7.31. The Kier molecular flexibility index (Phi) is 11.2. The van der Waals surface area contributed by atoms with E-state index in [2.05, 4.69) is 21.2 Å². The van der Waals surface area contributed by atoms with Crippen LogP contribution in [0, 0.1) is 6.92 Å². The zero-order valence-electron chi connectivity index (χ0n) is 25.6. The molecule has 1 N–H and O–H groups in total. The first-order valence-electron chi connectivity index (χ1n) is 15.3. The summed E-state index contributed by atoms with van der Waals surface area (Å²) < 4.78 is 30.3. The molecule has 0 bridgehead atoms. The Labute approximate surface area is 284 Å². The van der Waals surface area contributed by atoms with E-state index in [1.54, 1.807) is 18.2 Å². The quantitative estimate of drug-likeness (QED) is 0.166. The minimum atomic E-state index is -4.20. The molecule has 0 aromatic heterocycles. The number of sulfonamides is 1. The molecule has 240 valence electrons. The zero-order chi connectivity index (χ0) is 32.7. The molecule has 1 saturated carbocycles. The van der Waals surface area contributed by atoms with Crippen LogP contribution >= 0.6 is 27.5 Å². The lowest BCUT2D eigenvalue weighted by molar-refractivity contribution is -0.140. The van der Waals surface area contributed by atoms with Crippen LogP contribution in [0.25, 0.3) is 0 Å². The Morgan fingerprint density at radius 1 is 0.891 bits per heavy atom. The number of anilines is 1. The van der Waals surface area contributed by atoms with Gasteiger partial charge in [-0.3, -0.25) is 13.9 Å². The molecule has 1 aliphatic carbocycles. The number of halogens is 2. The van der Waals surface area contributed by atoms with Crippen molar-refractivity contribution in [1.82, 2.24) is 10.2 Å². The Morgan fingerprint density at radius 2 is 1.57 bits per heavy atom. The molecule has 0 radical (unpaired) electrons. The molecule has 1 aliphatic rings. The van der Waals surface area contributed by atoms with Gasteiger partial charge in [-0.05, 0) is 85.0 Å². The topological polar surface area (TPSA) is 86.8 Å². The van der Waals surface area contributed by atoms with Crippen molar-refractivity contribution in [2.24, 2.45) is 0 Å². The van der Waals surface area contributed by atoms with Crippen molar-refractivity contribution in [3.05, 3.63) is 129 Å². The highest BCUT2D eigenvalue weighted by Crippen LogP contribution is 2.27. The minimum absolute atomic E-state index is 0.00422. The van der Waals surface area contributed by atoms with Crippen molar-refractivity contribution >= 4 is 55.1 Å². The van der Waals surface area contributed by atoms with Crippen LogP contribution in [0.5, 0.6) is 0 Å². The third kappa shape index (κ3) is 8.57. The van der Waals surface area contributed by atoms with Crippen LogP contribution in [-0.4, -0.2) is 43.8 Å². The van der Waals surface area contributed by atoms with Gasteiger partial charge in [0.05, 0.1) is 10.6 Å². The molecule has 1 unspecified atom stereocenters. The second-order valence-electron chi connectivity index (χ2n) is 11.7. The Balaban J connectivity index is 1.57. The fourth-order valence-corrected chi connectivity index (χ4v) is 7.78. The van der Waals surface area contributed by atoms with Gasteiger partial charge in [-0.25, -0.2) is 8.42 Å². The average Bonchev–Trinajstić information content (AvgIpc) is 3.55. The zero-order valence-corrected chi connectivity index (χ0v) is 28.8. The highest BCUT2D eigenvalue weighted by Gasteiger charge is 2.35. The molecule has 2 amide bonds. The van der Waals surface area contributed by atoms with Crippen LogP contribution in [0.15, 0.2) is 112 Å². The summed E-state index contributed by atoms with van der Waals surface area (Å²) in [7, 11) is -4.20. The molecule has 0 heterocycles. The fraction of sp³-hybridized carbons (Fsp3) is 0.278. The number of aryl methyl sites for hydroxylation is 1. The predicted molar refractivity (Wildman–Crippen MR) is 186 cm³/mol. The van der Waals surface area contributed by atoms with Gasteiger partial charge in [-0.1, -0.05) is 95.0 Å². The summed E-state index contributed by atoms with van der Waals surface area (Å²) in [5.74, 6) is -0.747. The molecule has 0 spiro atoms. The average molecular weight is 723 g/mol. The normalized spacial score (nSPS) is 14.1. The molecule has 46 heavy (non-hydrogen) atoms. The van der Waals surface area contributed by atoms with E-state index in [0.717, 1.165) is 51.2 Å². The molecular formula is C36H37BrClN3O4S. The van der Waals surface area contributed by atoms with Crippen molar-refractivity contribution in [2.45, 2.75) is 62.6 Å². The molecule has 1 fully saturated rings. The highest BCUT2D eigenvalue weighted by molar-refractivity contribution is 9.10. The lowest BCUT2D eigenvalue weighted by atomic mass is 10.0. The first-order chi connectivity index (χ1) is 22.1. The van der Waals surface area contributed by atoms with E-state index in [-0.39, 0.29) is 29.8 Å². The highest BCUT2D eigenvalue weighted by atomic mass is 79.9. The number of hydrogen-bond donors (Lipinski definition) is 1. The van der Waals surface area contributed by atoms with Crippen molar-refractivity contribution in [3.8, 4) is 0 Å². The molecule has 0 saturated heterocycles. The van der Waals surface area contributed by atoms with Crippen molar-refractivity contribution in [2.75, 3.05) is 10.8 Å². The number of benzene rings is 4. The monoisotopic (exact) mass is 721 g/mol. The van der Waals surface area contributed by atoms with E-state index in [4.69, 9.17) is 11.6 Å². The molecule has 5 rings (SSSR count). The summed E-state index contributed by atoms with van der Waals surface area (Å²) in [6.45, 7) is 1.46. The molecular weight excluding hydrogens is 686 g/mol. The van der Waals surface area contributed by atoms with E-state index in [9.17, 15) is 18.0 Å². The van der Waals surface area contributed by atoms with Crippen LogP contribution < -0.4 is 9.62 Å². The van der Waals surface area contributed by atoms with Gasteiger partial charge < -0.3 is 10.2 Å². The van der Waals surface area contributed by atoms with E-state index < -0.39 is 28.5 Å². The number of hydrogen-bond acceptors (Lipinski definition) is 4. The van der Waals surface area contributed by atoms with Gasteiger partial charge >= 0.3 is 0 Å². The third-order valence-electron chi connectivity index (χ3n) is 8.18. The van der Waals surface area contributed by atoms with Crippen LogP contribution in [0.1, 0.15) is 42.4 Å². The number of carbonyl (C=O) groups is 2. The molecule has 4 aromatic carbocycles. The van der Waals surface area contributed by atoms with Crippen LogP contribution in [0.3, 0.4) is 0 Å². The second kappa shape index (κ2) is 15.3. The number of carbonyl (C=O) groups excluding carboxylic acids is 2. The first kappa shape index (κ1) is 33.7. The molecule has 0 aliphatic heterocycles. The van der Waals surface area contributed by atoms with Gasteiger partial charge in [-0.15, -0.1) is 0 Å². The SMILES string of the molecule is Cc1cccc(N(CC(=O)N(Cc2cccc(Br)c2)C(Cc2ccccc2)C(=O)NC2CCCC2)S(=O)(=O)c2ccc(Cl)cc2)c1. The summed E-state index contributed by atoms with van der Waals surface area (Å²) in [5.41, 5.74) is 2.88. The third-order valence-corrected chi connectivity index (χ3v) is 10.7. The summed E-state index contributed by atoms with van der Waals surface area (Å²) in [6.07, 6.45) is 4.15. The van der Waals surface area contributed by atoms with Crippen LogP contribution in [-0.2, 0) is 32.6 Å². The Bertz CT molecular complexity index is 1760. The molecule has 1 atom stereocenters. The lowest BCUT2D eigenvalue weighted by Gasteiger charge is -2.34. The maximum absolute atomic E-state index is 14.6. The summed E-state index contributed by atoms with van der Waals surface area (Å²) in [4.78, 5) is 30.2. The van der Waals surface area contributed by atoms with Crippen LogP contribution in [0.2, 0.25) is 5.02 Å². The van der Waals surface area contributed by atoms with Crippen LogP contribution in [0.4, 0.5) is 5.69 Å². The Morgan fingerprint density at radius 3 is 2.24 bits per heavy atom. The summed E-state index contributed by atoms with van der Waals surface area (Å²) in [5, 5.41) is 3.60. The van der Waals surface area contributed by atoms with Gasteiger partial charge in [-0.2, -0.15) is 0 Å². The summed E-state index contributed by atoms with van der Waals surface area (Å²) in [6, 6.07) is 29.2. The fourth-order valence-electron chi connectivity index (χ4n) is 5.80. The van der Waals surface area contributed by atoms with Gasteiger partial charge in [0, 0.05) is 28.5 Å². The van der Waals surface area contributed by atoms with Crippen molar-refractivity contribution in [3.63, 3.8) is 0 Å². The minimum Gasteiger partial charge on any atom is -0.352 e. The smallest absolute Gasteiger partial charge is 0.264 e. The standard InChI is InChI=1S/C36H37BrClN3O4S/c1-26-9-7-16-32(21-26)41(46(44,45)33-19-17-30(38)18-20-33)25-35(42)40(24-28-12-8-13-29(37)22-28)34(23-27-10-3-2-4-11-27)36(43)39-31-14-5-6-15-31/h2-4,7-13,16-22,31,34H,5-6,14-15,23-25H2,1H3,(H,39,43). The second-order valence-corrected chi connectivity index (χ2v) is 14.9.